The highest BCUT2D eigenvalue weighted by molar-refractivity contribution is 5.92. The SMILES string of the molecule is Cc1cc(CN2CCCC2)ccc1Oc1cncc(C(=O)N2CCCC2)n1. The Bertz CT molecular complexity index is 812. The summed E-state index contributed by atoms with van der Waals surface area (Å²) in [5, 5.41) is 0. The van der Waals surface area contributed by atoms with Crippen molar-refractivity contribution < 1.29 is 9.53 Å². The Morgan fingerprint density at radius 2 is 1.81 bits per heavy atom. The number of nitrogens with zero attached hydrogens (tertiary/aromatic N) is 4. The average molecular weight is 366 g/mol. The van der Waals surface area contributed by atoms with Crippen molar-refractivity contribution >= 4 is 5.91 Å². The quantitative estimate of drug-likeness (QED) is 0.812. The van der Waals surface area contributed by atoms with Crippen molar-refractivity contribution in [1.29, 1.82) is 0 Å². The number of hydrogen-bond donors (Lipinski definition) is 0. The van der Waals surface area contributed by atoms with Crippen LogP contribution in [0.3, 0.4) is 0 Å². The van der Waals surface area contributed by atoms with Gasteiger partial charge in [-0.3, -0.25) is 14.7 Å². The predicted octanol–water partition coefficient (Wildman–Crippen LogP) is 3.41. The van der Waals surface area contributed by atoms with E-state index in [4.69, 9.17) is 4.74 Å². The molecule has 142 valence electrons. The fourth-order valence-electron chi connectivity index (χ4n) is 3.82. The normalized spacial score (nSPS) is 17.4. The minimum atomic E-state index is -0.0665. The highest BCUT2D eigenvalue weighted by Gasteiger charge is 2.21. The van der Waals surface area contributed by atoms with Crippen LogP contribution in [0.1, 0.15) is 47.3 Å². The van der Waals surface area contributed by atoms with E-state index in [9.17, 15) is 4.79 Å². The summed E-state index contributed by atoms with van der Waals surface area (Å²) in [6, 6.07) is 6.25. The molecule has 6 heteroatoms. The summed E-state index contributed by atoms with van der Waals surface area (Å²) in [7, 11) is 0. The van der Waals surface area contributed by atoms with Crippen LogP contribution in [0.5, 0.6) is 11.6 Å². The summed E-state index contributed by atoms with van der Waals surface area (Å²) < 4.78 is 5.93. The van der Waals surface area contributed by atoms with Crippen molar-refractivity contribution in [3.8, 4) is 11.6 Å². The summed E-state index contributed by atoms with van der Waals surface area (Å²) in [5.74, 6) is 1.04. The largest absolute Gasteiger partial charge is 0.437 e. The Kier molecular flexibility index (Phi) is 5.34. The van der Waals surface area contributed by atoms with Gasteiger partial charge >= 0.3 is 0 Å². The molecule has 0 bridgehead atoms. The first-order valence-corrected chi connectivity index (χ1v) is 9.80. The maximum atomic E-state index is 12.5. The second-order valence-corrected chi connectivity index (χ2v) is 7.43. The molecule has 1 amide bonds. The van der Waals surface area contributed by atoms with E-state index >= 15 is 0 Å². The van der Waals surface area contributed by atoms with Crippen molar-refractivity contribution in [3.05, 3.63) is 47.4 Å². The topological polar surface area (TPSA) is 58.6 Å². The zero-order chi connectivity index (χ0) is 18.6. The lowest BCUT2D eigenvalue weighted by atomic mass is 10.1. The van der Waals surface area contributed by atoms with Crippen LogP contribution in [0.25, 0.3) is 0 Å². The minimum Gasteiger partial charge on any atom is -0.437 e. The van der Waals surface area contributed by atoms with E-state index in [1.165, 1.54) is 37.7 Å². The van der Waals surface area contributed by atoms with E-state index in [1.807, 2.05) is 17.9 Å². The zero-order valence-electron chi connectivity index (χ0n) is 15.9. The molecule has 4 rings (SSSR count). The molecule has 0 unspecified atom stereocenters. The maximum Gasteiger partial charge on any atom is 0.274 e. The van der Waals surface area contributed by atoms with Gasteiger partial charge in [0.2, 0.25) is 5.88 Å². The minimum absolute atomic E-state index is 0.0665. The molecule has 6 nitrogen and oxygen atoms in total. The highest BCUT2D eigenvalue weighted by atomic mass is 16.5. The third-order valence-electron chi connectivity index (χ3n) is 5.28. The number of hydrogen-bond acceptors (Lipinski definition) is 5. The van der Waals surface area contributed by atoms with Crippen LogP contribution in [-0.4, -0.2) is 51.9 Å². The number of aromatic nitrogens is 2. The lowest BCUT2D eigenvalue weighted by molar-refractivity contribution is 0.0785. The number of aryl methyl sites for hydroxylation is 1. The molecule has 2 aliphatic heterocycles. The molecule has 0 N–H and O–H groups in total. The second kappa shape index (κ2) is 8.05. The van der Waals surface area contributed by atoms with Gasteiger partial charge in [0, 0.05) is 19.6 Å². The van der Waals surface area contributed by atoms with Crippen LogP contribution in [0, 0.1) is 6.92 Å². The average Bonchev–Trinajstić information content (AvgIpc) is 3.38. The predicted molar refractivity (Wildman–Crippen MR) is 103 cm³/mol. The maximum absolute atomic E-state index is 12.5. The van der Waals surface area contributed by atoms with Crippen molar-refractivity contribution in [3.63, 3.8) is 0 Å². The summed E-state index contributed by atoms with van der Waals surface area (Å²) in [5.41, 5.74) is 2.70. The summed E-state index contributed by atoms with van der Waals surface area (Å²) in [6.45, 7) is 6.98. The lowest BCUT2D eigenvalue weighted by Crippen LogP contribution is -2.28. The Morgan fingerprint density at radius 3 is 2.56 bits per heavy atom. The first-order chi connectivity index (χ1) is 13.2. The van der Waals surface area contributed by atoms with Crippen molar-refractivity contribution in [1.82, 2.24) is 19.8 Å². The molecule has 0 aliphatic carbocycles. The van der Waals surface area contributed by atoms with Gasteiger partial charge in [0.1, 0.15) is 5.75 Å². The molecular formula is C21H26N4O2. The molecule has 1 aromatic carbocycles. The van der Waals surface area contributed by atoms with E-state index in [2.05, 4.69) is 27.0 Å². The Morgan fingerprint density at radius 1 is 1.07 bits per heavy atom. The van der Waals surface area contributed by atoms with Gasteiger partial charge in [-0.25, -0.2) is 4.98 Å². The number of likely N-dealkylation sites (tertiary alicyclic amines) is 2. The molecule has 27 heavy (non-hydrogen) atoms. The summed E-state index contributed by atoms with van der Waals surface area (Å²) >= 11 is 0. The number of rotatable bonds is 5. The summed E-state index contributed by atoms with van der Waals surface area (Å²) in [4.78, 5) is 25.3. The number of ether oxygens (including phenoxy) is 1. The third-order valence-corrected chi connectivity index (χ3v) is 5.28. The van der Waals surface area contributed by atoms with Crippen LogP contribution in [0.15, 0.2) is 30.6 Å². The first kappa shape index (κ1) is 17.9. The molecule has 2 saturated heterocycles. The van der Waals surface area contributed by atoms with Crippen LogP contribution in [0.4, 0.5) is 0 Å². The number of carbonyl (C=O) groups is 1. The molecule has 0 atom stereocenters. The van der Waals surface area contributed by atoms with Gasteiger partial charge in [-0.2, -0.15) is 0 Å². The molecular weight excluding hydrogens is 340 g/mol. The van der Waals surface area contributed by atoms with E-state index in [1.54, 1.807) is 6.20 Å². The van der Waals surface area contributed by atoms with Crippen LogP contribution < -0.4 is 4.74 Å². The van der Waals surface area contributed by atoms with Gasteiger partial charge in [-0.1, -0.05) is 12.1 Å². The Hall–Kier alpha value is -2.47. The smallest absolute Gasteiger partial charge is 0.274 e. The molecule has 2 fully saturated rings. The first-order valence-electron chi connectivity index (χ1n) is 9.80. The summed E-state index contributed by atoms with van der Waals surface area (Å²) in [6.07, 6.45) is 7.77. The van der Waals surface area contributed by atoms with E-state index < -0.39 is 0 Å². The standard InChI is InChI=1S/C21H26N4O2/c1-16-12-17(15-24-8-2-3-9-24)6-7-19(16)27-20-14-22-13-18(23-20)21(26)25-10-4-5-11-25/h6-7,12-14H,2-5,8-11,15H2,1H3. The van der Waals surface area contributed by atoms with Crippen LogP contribution in [0.2, 0.25) is 0 Å². The van der Waals surface area contributed by atoms with Crippen molar-refractivity contribution in [2.24, 2.45) is 0 Å². The Balaban J connectivity index is 1.45. The third kappa shape index (κ3) is 4.27. The van der Waals surface area contributed by atoms with Gasteiger partial charge in [0.25, 0.3) is 5.91 Å². The highest BCUT2D eigenvalue weighted by Crippen LogP contribution is 2.25. The Labute approximate surface area is 160 Å². The van der Waals surface area contributed by atoms with Gasteiger partial charge < -0.3 is 9.64 Å². The molecule has 2 aromatic rings. The lowest BCUT2D eigenvalue weighted by Gasteiger charge is -2.16. The monoisotopic (exact) mass is 366 g/mol. The van der Waals surface area contributed by atoms with Crippen molar-refractivity contribution in [2.75, 3.05) is 26.2 Å². The fourth-order valence-corrected chi connectivity index (χ4v) is 3.82. The molecule has 1 aromatic heterocycles. The number of amides is 1. The molecule has 0 saturated carbocycles. The van der Waals surface area contributed by atoms with Gasteiger partial charge in [0.15, 0.2) is 5.69 Å². The molecule has 2 aliphatic rings. The fraction of sp³-hybridized carbons (Fsp3) is 0.476. The van der Waals surface area contributed by atoms with Gasteiger partial charge in [0.05, 0.1) is 12.4 Å². The van der Waals surface area contributed by atoms with Crippen LogP contribution >= 0.6 is 0 Å². The van der Waals surface area contributed by atoms with Gasteiger partial charge in [-0.15, -0.1) is 0 Å². The van der Waals surface area contributed by atoms with E-state index in [-0.39, 0.29) is 5.91 Å². The van der Waals surface area contributed by atoms with E-state index in [0.29, 0.717) is 11.6 Å². The van der Waals surface area contributed by atoms with E-state index in [0.717, 1.165) is 43.8 Å². The molecule has 3 heterocycles. The van der Waals surface area contributed by atoms with Gasteiger partial charge in [-0.05, 0) is 62.9 Å². The zero-order valence-corrected chi connectivity index (χ0v) is 15.9. The molecule has 0 radical (unpaired) electrons. The molecule has 0 spiro atoms. The number of carbonyl (C=O) groups excluding carboxylic acids is 1. The van der Waals surface area contributed by atoms with Crippen molar-refractivity contribution in [2.45, 2.75) is 39.2 Å². The number of benzene rings is 1. The second-order valence-electron chi connectivity index (χ2n) is 7.43. The van der Waals surface area contributed by atoms with Crippen LogP contribution in [-0.2, 0) is 6.54 Å².